The minimum Gasteiger partial charge on any atom is -0.379 e. The molecule has 104 valence electrons. The van der Waals surface area contributed by atoms with Crippen LogP contribution in [0.25, 0.3) is 6.08 Å². The maximum Gasteiger partial charge on any atom is 0.220 e. The zero-order valence-corrected chi connectivity index (χ0v) is 11.8. The molecule has 1 heterocycles. The highest BCUT2D eigenvalue weighted by Crippen LogP contribution is 2.13. The highest BCUT2D eigenvalue weighted by molar-refractivity contribution is 7.89. The second-order valence-electron chi connectivity index (χ2n) is 4.53. The predicted octanol–water partition coefficient (Wildman–Crippen LogP) is 1.75. The normalized spacial score (nSPS) is 19.6. The summed E-state index contributed by atoms with van der Waals surface area (Å²) in [6.45, 7) is 3.57. The molecule has 0 N–H and O–H groups in total. The zero-order valence-electron chi connectivity index (χ0n) is 11.0. The van der Waals surface area contributed by atoms with Gasteiger partial charge in [-0.25, -0.2) is 8.42 Å². The highest BCUT2D eigenvalue weighted by atomic mass is 32.2. The second-order valence-corrected chi connectivity index (χ2v) is 6.82. The van der Waals surface area contributed by atoms with Gasteiger partial charge in [-0.05, 0) is 12.5 Å². The van der Waals surface area contributed by atoms with E-state index in [1.165, 1.54) is 4.31 Å². The average Bonchev–Trinajstić information content (AvgIpc) is 2.46. The first-order chi connectivity index (χ1) is 9.10. The molecule has 19 heavy (non-hydrogen) atoms. The number of hydrogen-bond acceptors (Lipinski definition) is 3. The molecular weight excluding hydrogens is 262 g/mol. The molecule has 1 aromatic carbocycles. The summed E-state index contributed by atoms with van der Waals surface area (Å²) in [6, 6.07) is 9.70. The van der Waals surface area contributed by atoms with E-state index >= 15 is 0 Å². The summed E-state index contributed by atoms with van der Waals surface area (Å²) >= 11 is 0. The lowest BCUT2D eigenvalue weighted by Crippen LogP contribution is -2.44. The van der Waals surface area contributed by atoms with E-state index < -0.39 is 15.3 Å². The fourth-order valence-corrected chi connectivity index (χ4v) is 3.35. The van der Waals surface area contributed by atoms with Crippen LogP contribution in [0, 0.1) is 0 Å². The molecule has 0 bridgehead atoms. The molecule has 0 spiro atoms. The van der Waals surface area contributed by atoms with E-state index in [2.05, 4.69) is 0 Å². The molecule has 0 saturated carbocycles. The molecule has 0 aliphatic carbocycles. The van der Waals surface area contributed by atoms with Crippen molar-refractivity contribution in [1.29, 1.82) is 0 Å². The van der Waals surface area contributed by atoms with Crippen molar-refractivity contribution in [3.05, 3.63) is 42.0 Å². The Hall–Kier alpha value is -1.17. The molecular formula is C14H19NO3S. The number of hydrogen-bond donors (Lipinski definition) is 0. The summed E-state index contributed by atoms with van der Waals surface area (Å²) in [7, 11) is -3.27. The zero-order chi connectivity index (χ0) is 13.7. The monoisotopic (exact) mass is 281 g/mol. The summed E-state index contributed by atoms with van der Waals surface area (Å²) in [5.41, 5.74) is 1.01. The molecule has 1 aromatic rings. The van der Waals surface area contributed by atoms with Crippen LogP contribution in [-0.2, 0) is 14.8 Å². The number of sulfonamides is 1. The Labute approximate surface area is 114 Å². The Morgan fingerprint density at radius 2 is 1.84 bits per heavy atom. The van der Waals surface area contributed by atoms with E-state index in [1.807, 2.05) is 36.4 Å². The second kappa shape index (κ2) is 6.32. The Morgan fingerprint density at radius 1 is 1.21 bits per heavy atom. The third-order valence-electron chi connectivity index (χ3n) is 3.16. The first kappa shape index (κ1) is 14.2. The van der Waals surface area contributed by atoms with Crippen molar-refractivity contribution in [2.24, 2.45) is 0 Å². The number of rotatable bonds is 4. The molecule has 1 fully saturated rings. The number of nitrogens with zero attached hydrogens (tertiary/aromatic N) is 1. The van der Waals surface area contributed by atoms with Crippen LogP contribution in [0.4, 0.5) is 0 Å². The van der Waals surface area contributed by atoms with Gasteiger partial charge in [-0.2, -0.15) is 4.31 Å². The number of benzene rings is 1. The SMILES string of the molecule is CC(/C=C/c1ccccc1)S(=O)(=O)N1CCOCC1. The quantitative estimate of drug-likeness (QED) is 0.844. The Balaban J connectivity index is 2.06. The van der Waals surface area contributed by atoms with Gasteiger partial charge in [0.2, 0.25) is 10.0 Å². The number of morpholine rings is 1. The van der Waals surface area contributed by atoms with Gasteiger partial charge >= 0.3 is 0 Å². The molecule has 1 saturated heterocycles. The summed E-state index contributed by atoms with van der Waals surface area (Å²) in [6.07, 6.45) is 3.59. The van der Waals surface area contributed by atoms with Crippen LogP contribution < -0.4 is 0 Å². The largest absolute Gasteiger partial charge is 0.379 e. The van der Waals surface area contributed by atoms with Crippen LogP contribution in [0.5, 0.6) is 0 Å². The number of ether oxygens (including phenoxy) is 1. The molecule has 1 atom stereocenters. The molecule has 0 aromatic heterocycles. The Morgan fingerprint density at radius 3 is 2.47 bits per heavy atom. The van der Waals surface area contributed by atoms with Gasteiger partial charge < -0.3 is 4.74 Å². The molecule has 5 heteroatoms. The van der Waals surface area contributed by atoms with Crippen LogP contribution in [-0.4, -0.2) is 44.3 Å². The van der Waals surface area contributed by atoms with Crippen molar-refractivity contribution in [1.82, 2.24) is 4.31 Å². The maximum absolute atomic E-state index is 12.3. The molecule has 1 aliphatic rings. The van der Waals surface area contributed by atoms with E-state index in [9.17, 15) is 8.42 Å². The minimum absolute atomic E-state index is 0.450. The van der Waals surface area contributed by atoms with Crippen molar-refractivity contribution < 1.29 is 13.2 Å². The van der Waals surface area contributed by atoms with Crippen LogP contribution >= 0.6 is 0 Å². The summed E-state index contributed by atoms with van der Waals surface area (Å²) in [5.74, 6) is 0. The van der Waals surface area contributed by atoms with Gasteiger partial charge in [0.25, 0.3) is 0 Å². The van der Waals surface area contributed by atoms with Crippen molar-refractivity contribution in [3.8, 4) is 0 Å². The van der Waals surface area contributed by atoms with E-state index in [4.69, 9.17) is 4.74 Å². The smallest absolute Gasteiger partial charge is 0.220 e. The average molecular weight is 281 g/mol. The third kappa shape index (κ3) is 3.65. The van der Waals surface area contributed by atoms with E-state index in [-0.39, 0.29) is 0 Å². The van der Waals surface area contributed by atoms with E-state index in [0.717, 1.165) is 5.56 Å². The Bertz CT molecular complexity index is 519. The van der Waals surface area contributed by atoms with Gasteiger partial charge in [0.05, 0.1) is 18.5 Å². The van der Waals surface area contributed by atoms with Gasteiger partial charge in [0.15, 0.2) is 0 Å². The van der Waals surface area contributed by atoms with Crippen molar-refractivity contribution >= 4 is 16.1 Å². The molecule has 1 unspecified atom stereocenters. The fourth-order valence-electron chi connectivity index (χ4n) is 1.95. The van der Waals surface area contributed by atoms with Crippen LogP contribution in [0.2, 0.25) is 0 Å². The molecule has 1 aliphatic heterocycles. The third-order valence-corrected chi connectivity index (χ3v) is 5.34. The van der Waals surface area contributed by atoms with Crippen molar-refractivity contribution in [3.63, 3.8) is 0 Å². The van der Waals surface area contributed by atoms with E-state index in [1.54, 1.807) is 13.0 Å². The van der Waals surface area contributed by atoms with Gasteiger partial charge in [-0.1, -0.05) is 42.5 Å². The predicted molar refractivity (Wildman–Crippen MR) is 76.2 cm³/mol. The Kier molecular flexibility index (Phi) is 4.74. The first-order valence-corrected chi connectivity index (χ1v) is 7.91. The highest BCUT2D eigenvalue weighted by Gasteiger charge is 2.28. The topological polar surface area (TPSA) is 46.6 Å². The molecule has 4 nitrogen and oxygen atoms in total. The van der Waals surface area contributed by atoms with Crippen LogP contribution in [0.3, 0.4) is 0 Å². The lowest BCUT2D eigenvalue weighted by atomic mass is 10.2. The standard InChI is InChI=1S/C14H19NO3S/c1-13(7-8-14-5-3-2-4-6-14)19(16,17)15-9-11-18-12-10-15/h2-8,13H,9-12H2,1H3/b8-7+. The van der Waals surface area contributed by atoms with Gasteiger partial charge in [0, 0.05) is 13.1 Å². The van der Waals surface area contributed by atoms with Crippen molar-refractivity contribution in [2.75, 3.05) is 26.3 Å². The lowest BCUT2D eigenvalue weighted by molar-refractivity contribution is 0.0728. The first-order valence-electron chi connectivity index (χ1n) is 6.40. The summed E-state index contributed by atoms with van der Waals surface area (Å²) in [5, 5.41) is -0.522. The van der Waals surface area contributed by atoms with E-state index in [0.29, 0.717) is 26.3 Å². The van der Waals surface area contributed by atoms with Gasteiger partial charge in [0.1, 0.15) is 0 Å². The van der Waals surface area contributed by atoms with Gasteiger partial charge in [-0.3, -0.25) is 0 Å². The minimum atomic E-state index is -3.27. The van der Waals surface area contributed by atoms with Gasteiger partial charge in [-0.15, -0.1) is 0 Å². The van der Waals surface area contributed by atoms with Crippen molar-refractivity contribution in [2.45, 2.75) is 12.2 Å². The fraction of sp³-hybridized carbons (Fsp3) is 0.429. The maximum atomic E-state index is 12.3. The lowest BCUT2D eigenvalue weighted by Gasteiger charge is -2.27. The summed E-state index contributed by atoms with van der Waals surface area (Å²) in [4.78, 5) is 0. The molecule has 0 radical (unpaired) electrons. The summed E-state index contributed by atoms with van der Waals surface area (Å²) < 4.78 is 31.3. The molecule has 2 rings (SSSR count). The van der Waals surface area contributed by atoms with Crippen LogP contribution in [0.15, 0.2) is 36.4 Å². The van der Waals surface area contributed by atoms with Crippen LogP contribution in [0.1, 0.15) is 12.5 Å². The molecule has 0 amide bonds.